The predicted molar refractivity (Wildman–Crippen MR) is 150 cm³/mol. The number of carbonyl (C=O) groups is 4. The normalized spacial score (nSPS) is 22.4. The van der Waals surface area contributed by atoms with E-state index in [1.54, 1.807) is 84.9 Å². The summed E-state index contributed by atoms with van der Waals surface area (Å²) in [6.45, 7) is 1.93. The van der Waals surface area contributed by atoms with E-state index in [0.29, 0.717) is 27.8 Å². The lowest BCUT2D eigenvalue weighted by Crippen LogP contribution is -2.51. The van der Waals surface area contributed by atoms with Crippen molar-refractivity contribution in [2.24, 2.45) is 11.8 Å². The zero-order valence-electron chi connectivity index (χ0n) is 21.7. The maximum absolute atomic E-state index is 14.1. The molecule has 41 heavy (non-hydrogen) atoms. The number of benzene rings is 4. The molecule has 4 aromatic carbocycles. The molecule has 7 nitrogen and oxygen atoms in total. The SMILES string of the molecule is Cc1ccc([C@H]2OC3(C(=O)c4ccccc4C3=O)[C@H]3C(=O)N(c4ccc(Oc5ccc(Cl)cc5)cc4)C(=O)[C@@H]23)cc1. The van der Waals surface area contributed by atoms with Gasteiger partial charge in [-0.2, -0.15) is 0 Å². The topological polar surface area (TPSA) is 90.0 Å². The third kappa shape index (κ3) is 3.70. The minimum Gasteiger partial charge on any atom is -0.457 e. The fourth-order valence-corrected chi connectivity index (χ4v) is 6.26. The van der Waals surface area contributed by atoms with Crippen LogP contribution in [0, 0.1) is 18.8 Å². The quantitative estimate of drug-likeness (QED) is 0.219. The minimum atomic E-state index is -2.11. The Morgan fingerprint density at radius 3 is 1.88 bits per heavy atom. The number of aryl methyl sites for hydroxylation is 1. The summed E-state index contributed by atoms with van der Waals surface area (Å²) < 4.78 is 12.2. The Morgan fingerprint density at radius 2 is 1.29 bits per heavy atom. The molecule has 0 bridgehead atoms. The van der Waals surface area contributed by atoms with Crippen LogP contribution in [0.4, 0.5) is 5.69 Å². The van der Waals surface area contributed by atoms with Crippen molar-refractivity contribution >= 4 is 40.7 Å². The lowest BCUT2D eigenvalue weighted by molar-refractivity contribution is -0.127. The molecule has 2 aliphatic heterocycles. The number of ether oxygens (including phenoxy) is 2. The van der Waals surface area contributed by atoms with Gasteiger partial charge in [-0.1, -0.05) is 65.7 Å². The number of rotatable bonds is 4. The predicted octanol–water partition coefficient (Wildman–Crippen LogP) is 6.14. The number of anilines is 1. The van der Waals surface area contributed by atoms with Crippen LogP contribution >= 0.6 is 11.6 Å². The highest BCUT2D eigenvalue weighted by Gasteiger charge is 2.74. The highest BCUT2D eigenvalue weighted by atomic mass is 35.5. The monoisotopic (exact) mass is 563 g/mol. The molecule has 2 amide bonds. The maximum Gasteiger partial charge on any atom is 0.241 e. The molecule has 7 rings (SSSR count). The van der Waals surface area contributed by atoms with E-state index >= 15 is 0 Å². The van der Waals surface area contributed by atoms with Crippen LogP contribution in [0.5, 0.6) is 11.5 Å². The molecule has 0 aromatic heterocycles. The van der Waals surface area contributed by atoms with Crippen LogP contribution in [-0.4, -0.2) is 29.0 Å². The van der Waals surface area contributed by atoms with Gasteiger partial charge >= 0.3 is 0 Å². The van der Waals surface area contributed by atoms with Gasteiger partial charge in [-0.15, -0.1) is 0 Å². The molecular weight excluding hydrogens is 542 g/mol. The molecule has 202 valence electrons. The molecule has 0 saturated carbocycles. The van der Waals surface area contributed by atoms with Gasteiger partial charge in [-0.05, 0) is 61.0 Å². The van der Waals surface area contributed by atoms with E-state index < -0.39 is 46.9 Å². The van der Waals surface area contributed by atoms with Gasteiger partial charge in [0.05, 0.1) is 23.6 Å². The number of carbonyl (C=O) groups excluding carboxylic acids is 4. The molecule has 0 N–H and O–H groups in total. The molecular formula is C33H22ClNO6. The van der Waals surface area contributed by atoms with Crippen LogP contribution in [-0.2, 0) is 14.3 Å². The summed E-state index contributed by atoms with van der Waals surface area (Å²) >= 11 is 5.95. The smallest absolute Gasteiger partial charge is 0.241 e. The van der Waals surface area contributed by atoms with Gasteiger partial charge < -0.3 is 9.47 Å². The second kappa shape index (κ2) is 9.23. The molecule has 3 aliphatic rings. The van der Waals surface area contributed by atoms with Gasteiger partial charge in [0.15, 0.2) is 0 Å². The largest absolute Gasteiger partial charge is 0.457 e. The standard InChI is InChI=1S/C33H22ClNO6/c1-18-6-8-19(9-7-18)28-26-27(33(41-28)29(36)24-4-2-3-5-25(24)30(33)37)32(39)35(31(26)38)21-12-16-23(17-13-21)40-22-14-10-20(34)11-15-22/h2-17,26-28H,1H3/t26-,27-,28-/m1/s1. The van der Waals surface area contributed by atoms with Crippen molar-refractivity contribution in [3.63, 3.8) is 0 Å². The summed E-state index contributed by atoms with van der Waals surface area (Å²) in [6.07, 6.45) is -0.961. The lowest BCUT2D eigenvalue weighted by Gasteiger charge is -2.27. The van der Waals surface area contributed by atoms with Crippen molar-refractivity contribution in [2.45, 2.75) is 18.6 Å². The Balaban J connectivity index is 1.28. The third-order valence-electron chi connectivity index (χ3n) is 8.07. The van der Waals surface area contributed by atoms with Crippen molar-refractivity contribution in [1.82, 2.24) is 0 Å². The zero-order valence-corrected chi connectivity index (χ0v) is 22.5. The van der Waals surface area contributed by atoms with E-state index in [1.807, 2.05) is 19.1 Å². The summed E-state index contributed by atoms with van der Waals surface area (Å²) in [5.41, 5.74) is 0.212. The number of hydrogen-bond donors (Lipinski definition) is 0. The van der Waals surface area contributed by atoms with Gasteiger partial charge in [0.25, 0.3) is 0 Å². The number of hydrogen-bond acceptors (Lipinski definition) is 6. The fourth-order valence-electron chi connectivity index (χ4n) is 6.13. The molecule has 3 atom stereocenters. The highest BCUT2D eigenvalue weighted by molar-refractivity contribution is 6.37. The Hall–Kier alpha value is -4.59. The van der Waals surface area contributed by atoms with Crippen LogP contribution in [0.15, 0.2) is 97.1 Å². The summed E-state index contributed by atoms with van der Waals surface area (Å²) in [7, 11) is 0. The van der Waals surface area contributed by atoms with Crippen molar-refractivity contribution in [3.8, 4) is 11.5 Å². The van der Waals surface area contributed by atoms with Gasteiger partial charge in [-0.25, -0.2) is 4.90 Å². The molecule has 0 radical (unpaired) electrons. The summed E-state index contributed by atoms with van der Waals surface area (Å²) in [4.78, 5) is 57.0. The van der Waals surface area contributed by atoms with E-state index in [-0.39, 0.29) is 11.1 Å². The molecule has 2 heterocycles. The molecule has 2 saturated heterocycles. The van der Waals surface area contributed by atoms with E-state index in [4.69, 9.17) is 21.1 Å². The minimum absolute atomic E-state index is 0.197. The van der Waals surface area contributed by atoms with Crippen LogP contribution in [0.1, 0.15) is 37.9 Å². The van der Waals surface area contributed by atoms with Gasteiger partial charge in [0.1, 0.15) is 11.5 Å². The number of imide groups is 1. The lowest BCUT2D eigenvalue weighted by atomic mass is 9.77. The Labute approximate surface area is 240 Å². The molecule has 2 fully saturated rings. The highest BCUT2D eigenvalue weighted by Crippen LogP contribution is 2.57. The summed E-state index contributed by atoms with van der Waals surface area (Å²) in [5, 5.41) is 0.581. The average molecular weight is 564 g/mol. The Morgan fingerprint density at radius 1 is 0.732 bits per heavy atom. The molecule has 1 spiro atoms. The first-order valence-electron chi connectivity index (χ1n) is 13.1. The second-order valence-corrected chi connectivity index (χ2v) is 10.9. The number of fused-ring (bicyclic) bond motifs is 3. The first kappa shape index (κ1) is 25.4. The average Bonchev–Trinajstić information content (AvgIpc) is 3.55. The van der Waals surface area contributed by atoms with Crippen LogP contribution in [0.2, 0.25) is 5.02 Å². The molecule has 4 aromatic rings. The number of ketones is 2. The van der Waals surface area contributed by atoms with Crippen LogP contribution in [0.25, 0.3) is 0 Å². The molecule has 1 aliphatic carbocycles. The first-order chi connectivity index (χ1) is 19.8. The number of nitrogens with zero attached hydrogens (tertiary/aromatic N) is 1. The van der Waals surface area contributed by atoms with Crippen molar-refractivity contribution in [1.29, 1.82) is 0 Å². The van der Waals surface area contributed by atoms with E-state index in [1.165, 1.54) is 0 Å². The number of halogens is 1. The van der Waals surface area contributed by atoms with Crippen LogP contribution in [0.3, 0.4) is 0 Å². The third-order valence-corrected chi connectivity index (χ3v) is 8.32. The maximum atomic E-state index is 14.1. The molecule has 0 unspecified atom stereocenters. The summed E-state index contributed by atoms with van der Waals surface area (Å²) in [6, 6.07) is 27.1. The van der Waals surface area contributed by atoms with Crippen molar-refractivity contribution < 1.29 is 28.7 Å². The van der Waals surface area contributed by atoms with E-state index in [2.05, 4.69) is 0 Å². The van der Waals surface area contributed by atoms with Crippen LogP contribution < -0.4 is 9.64 Å². The second-order valence-electron chi connectivity index (χ2n) is 10.5. The Bertz CT molecular complexity index is 1710. The van der Waals surface area contributed by atoms with Gasteiger partial charge in [-0.3, -0.25) is 19.2 Å². The van der Waals surface area contributed by atoms with Crippen molar-refractivity contribution in [3.05, 3.63) is 124 Å². The van der Waals surface area contributed by atoms with Gasteiger partial charge in [0, 0.05) is 16.1 Å². The first-order valence-corrected chi connectivity index (χ1v) is 13.5. The Kier molecular flexibility index (Phi) is 5.71. The van der Waals surface area contributed by atoms with Crippen molar-refractivity contribution in [2.75, 3.05) is 4.90 Å². The summed E-state index contributed by atoms with van der Waals surface area (Å²) in [5.74, 6) is -3.64. The number of amides is 2. The van der Waals surface area contributed by atoms with E-state index in [9.17, 15) is 19.2 Å². The van der Waals surface area contributed by atoms with Gasteiger partial charge in [0.2, 0.25) is 29.0 Å². The number of Topliss-reactive ketones (excluding diaryl/α,β-unsaturated/α-hetero) is 2. The molecule has 8 heteroatoms. The van der Waals surface area contributed by atoms with E-state index in [0.717, 1.165) is 10.5 Å². The fraction of sp³-hybridized carbons (Fsp3) is 0.152. The zero-order chi connectivity index (χ0) is 28.5.